The molecular weight excluding hydrogens is 425 g/mol. The molecule has 33 heavy (non-hydrogen) atoms. The van der Waals surface area contributed by atoms with Crippen LogP contribution in [0.1, 0.15) is 22.7 Å². The lowest BCUT2D eigenvalue weighted by Gasteiger charge is -2.17. The second kappa shape index (κ2) is 8.38. The van der Waals surface area contributed by atoms with E-state index >= 15 is 0 Å². The summed E-state index contributed by atoms with van der Waals surface area (Å²) in [6.07, 6.45) is -0.932. The summed E-state index contributed by atoms with van der Waals surface area (Å²) in [4.78, 5) is 24.3. The Kier molecular flexibility index (Phi) is 5.26. The minimum Gasteiger partial charge on any atom is -0.480 e. The smallest absolute Gasteiger partial charge is 0.407 e. The normalized spacial score (nSPS) is 13.4. The van der Waals surface area contributed by atoms with Crippen molar-refractivity contribution in [3.8, 4) is 11.1 Å². The third-order valence-corrected chi connectivity index (χ3v) is 5.94. The Morgan fingerprint density at radius 3 is 2.39 bits per heavy atom. The minimum atomic E-state index is -1.27. The van der Waals surface area contributed by atoms with E-state index in [1.807, 2.05) is 48.5 Å². The van der Waals surface area contributed by atoms with Gasteiger partial charge in [-0.2, -0.15) is 5.10 Å². The number of ether oxygens (including phenoxy) is 1. The third kappa shape index (κ3) is 3.91. The van der Waals surface area contributed by atoms with E-state index in [0.717, 1.165) is 22.3 Å². The van der Waals surface area contributed by atoms with Crippen LogP contribution < -0.4 is 5.32 Å². The molecule has 5 rings (SSSR count). The van der Waals surface area contributed by atoms with Crippen LogP contribution in [0.15, 0.2) is 66.7 Å². The quantitative estimate of drug-likeness (QED) is 0.412. The number of hydrogen-bond donors (Lipinski definition) is 3. The third-order valence-electron chi connectivity index (χ3n) is 5.94. The fourth-order valence-corrected chi connectivity index (χ4v) is 4.38. The molecule has 1 heterocycles. The number of carbonyl (C=O) groups is 2. The Hall–Kier alpha value is -4.20. The van der Waals surface area contributed by atoms with Crippen molar-refractivity contribution >= 4 is 23.0 Å². The van der Waals surface area contributed by atoms with Gasteiger partial charge in [0.1, 0.15) is 18.5 Å². The van der Waals surface area contributed by atoms with E-state index in [2.05, 4.69) is 15.5 Å². The van der Waals surface area contributed by atoms with Crippen LogP contribution >= 0.6 is 0 Å². The number of halogens is 1. The Bertz CT molecular complexity index is 1320. The number of nitrogens with one attached hydrogen (secondary N) is 2. The van der Waals surface area contributed by atoms with Gasteiger partial charge in [-0.05, 0) is 40.5 Å². The number of nitrogens with zero attached hydrogens (tertiary/aromatic N) is 1. The fraction of sp³-hybridized carbons (Fsp3) is 0.160. The zero-order valence-corrected chi connectivity index (χ0v) is 17.4. The molecule has 0 fully saturated rings. The highest BCUT2D eigenvalue weighted by molar-refractivity contribution is 5.84. The fourth-order valence-electron chi connectivity index (χ4n) is 4.38. The van der Waals surface area contributed by atoms with Crippen molar-refractivity contribution < 1.29 is 23.8 Å². The largest absolute Gasteiger partial charge is 0.480 e. The topological polar surface area (TPSA) is 104 Å². The predicted octanol–water partition coefficient (Wildman–Crippen LogP) is 4.24. The molecule has 1 aliphatic rings. The Labute approximate surface area is 188 Å². The number of aliphatic carboxylic acids is 1. The second-order valence-corrected chi connectivity index (χ2v) is 7.93. The highest BCUT2D eigenvalue weighted by Gasteiger charge is 2.30. The molecule has 1 atom stereocenters. The molecule has 3 aromatic carbocycles. The van der Waals surface area contributed by atoms with E-state index in [9.17, 15) is 19.1 Å². The number of alkyl carbamates (subject to hydrolysis) is 1. The molecular formula is C25H20FN3O4. The zero-order valence-electron chi connectivity index (χ0n) is 17.4. The molecule has 0 spiro atoms. The van der Waals surface area contributed by atoms with Gasteiger partial charge in [-0.3, -0.25) is 5.10 Å². The number of benzene rings is 3. The summed E-state index contributed by atoms with van der Waals surface area (Å²) in [5, 5.41) is 19.3. The van der Waals surface area contributed by atoms with Crippen LogP contribution in [0.2, 0.25) is 0 Å². The van der Waals surface area contributed by atoms with E-state index in [-0.39, 0.29) is 18.9 Å². The van der Waals surface area contributed by atoms with E-state index in [1.54, 1.807) is 0 Å². The second-order valence-electron chi connectivity index (χ2n) is 7.93. The summed E-state index contributed by atoms with van der Waals surface area (Å²) in [7, 11) is 0. The van der Waals surface area contributed by atoms with E-state index in [4.69, 9.17) is 4.74 Å². The van der Waals surface area contributed by atoms with Gasteiger partial charge in [-0.25, -0.2) is 14.0 Å². The molecule has 0 saturated heterocycles. The van der Waals surface area contributed by atoms with Crippen molar-refractivity contribution in [2.45, 2.75) is 18.4 Å². The number of carboxylic acids is 1. The maximum atomic E-state index is 13.6. The maximum absolute atomic E-state index is 13.6. The van der Waals surface area contributed by atoms with Crippen LogP contribution in [-0.4, -0.2) is 40.0 Å². The van der Waals surface area contributed by atoms with Crippen molar-refractivity contribution in [3.05, 3.63) is 89.4 Å². The number of H-pyrrole nitrogens is 1. The van der Waals surface area contributed by atoms with Gasteiger partial charge in [0.25, 0.3) is 0 Å². The molecule has 8 heteroatoms. The Morgan fingerprint density at radius 1 is 1.06 bits per heavy atom. The lowest BCUT2D eigenvalue weighted by Crippen LogP contribution is -2.43. The summed E-state index contributed by atoms with van der Waals surface area (Å²) in [5.74, 6) is -1.82. The summed E-state index contributed by atoms with van der Waals surface area (Å²) < 4.78 is 19.1. The minimum absolute atomic E-state index is 0.0738. The molecule has 0 unspecified atom stereocenters. The molecule has 0 saturated carbocycles. The molecule has 0 bridgehead atoms. The zero-order chi connectivity index (χ0) is 22.9. The number of fused-ring (bicyclic) bond motifs is 4. The molecule has 0 radical (unpaired) electrons. The molecule has 4 aromatic rings. The van der Waals surface area contributed by atoms with Gasteiger partial charge in [-0.1, -0.05) is 48.5 Å². The highest BCUT2D eigenvalue weighted by atomic mass is 19.1. The van der Waals surface area contributed by atoms with Gasteiger partial charge in [0, 0.05) is 23.4 Å². The van der Waals surface area contributed by atoms with E-state index in [1.165, 1.54) is 18.2 Å². The first-order valence-corrected chi connectivity index (χ1v) is 10.5. The average Bonchev–Trinajstić information content (AvgIpc) is 3.35. The van der Waals surface area contributed by atoms with Gasteiger partial charge >= 0.3 is 12.1 Å². The van der Waals surface area contributed by atoms with Crippen molar-refractivity contribution in [1.82, 2.24) is 15.5 Å². The summed E-state index contributed by atoms with van der Waals surface area (Å²) in [6, 6.07) is 18.7. The maximum Gasteiger partial charge on any atom is 0.407 e. The highest BCUT2D eigenvalue weighted by Crippen LogP contribution is 2.44. The first kappa shape index (κ1) is 20.7. The van der Waals surface area contributed by atoms with Crippen LogP contribution in [0.3, 0.4) is 0 Å². The number of amides is 1. The SMILES string of the molecule is O=C(N[C@@H](Cc1[nH]nc2ccc(F)cc12)C(=O)O)OCC1c2ccccc2-c2ccccc21. The van der Waals surface area contributed by atoms with Crippen LogP contribution in [0, 0.1) is 5.82 Å². The average molecular weight is 445 g/mol. The van der Waals surface area contributed by atoms with Crippen molar-refractivity contribution in [2.24, 2.45) is 0 Å². The molecule has 1 aliphatic carbocycles. The Morgan fingerprint density at radius 2 is 1.73 bits per heavy atom. The van der Waals surface area contributed by atoms with Gasteiger partial charge in [0.15, 0.2) is 0 Å². The van der Waals surface area contributed by atoms with Crippen molar-refractivity contribution in [2.75, 3.05) is 6.61 Å². The summed E-state index contributed by atoms with van der Waals surface area (Å²) >= 11 is 0. The van der Waals surface area contributed by atoms with Crippen LogP contribution in [0.5, 0.6) is 0 Å². The number of carboxylic acid groups (broad SMARTS) is 1. The Balaban J connectivity index is 1.29. The first-order chi connectivity index (χ1) is 16.0. The molecule has 166 valence electrons. The number of aromatic amines is 1. The lowest BCUT2D eigenvalue weighted by atomic mass is 9.98. The summed E-state index contributed by atoms with van der Waals surface area (Å²) in [6.45, 7) is 0.0738. The van der Waals surface area contributed by atoms with E-state index < -0.39 is 23.9 Å². The number of rotatable bonds is 6. The van der Waals surface area contributed by atoms with Crippen molar-refractivity contribution in [3.63, 3.8) is 0 Å². The lowest BCUT2D eigenvalue weighted by molar-refractivity contribution is -0.139. The van der Waals surface area contributed by atoms with Gasteiger partial charge < -0.3 is 15.2 Å². The van der Waals surface area contributed by atoms with Gasteiger partial charge in [0.05, 0.1) is 5.52 Å². The van der Waals surface area contributed by atoms with Gasteiger partial charge in [-0.15, -0.1) is 0 Å². The number of aromatic nitrogens is 2. The standard InChI is InChI=1S/C25H20FN3O4/c26-14-9-10-21-19(11-14)22(29-28-21)12-23(24(30)31)27-25(32)33-13-20-17-7-3-1-5-15(17)16-6-2-4-8-18(16)20/h1-11,20,23H,12-13H2,(H,27,32)(H,28,29)(H,30,31)/t23-/m0/s1. The number of hydrogen-bond acceptors (Lipinski definition) is 4. The van der Waals surface area contributed by atoms with Crippen molar-refractivity contribution in [1.29, 1.82) is 0 Å². The van der Waals surface area contributed by atoms with Crippen LogP contribution in [-0.2, 0) is 16.0 Å². The van der Waals surface area contributed by atoms with Gasteiger partial charge in [0.2, 0.25) is 0 Å². The summed E-state index contributed by atoms with van der Waals surface area (Å²) in [5.41, 5.74) is 5.25. The molecule has 1 aromatic heterocycles. The van der Waals surface area contributed by atoms with Crippen LogP contribution in [0.4, 0.5) is 9.18 Å². The van der Waals surface area contributed by atoms with Crippen LogP contribution in [0.25, 0.3) is 22.0 Å². The monoisotopic (exact) mass is 445 g/mol. The molecule has 3 N–H and O–H groups in total. The van der Waals surface area contributed by atoms with E-state index in [0.29, 0.717) is 16.6 Å². The molecule has 7 nitrogen and oxygen atoms in total. The predicted molar refractivity (Wildman–Crippen MR) is 119 cm³/mol. The number of carbonyl (C=O) groups excluding carboxylic acids is 1. The first-order valence-electron chi connectivity index (χ1n) is 10.5. The molecule has 0 aliphatic heterocycles. The molecule has 1 amide bonds.